The number of allylic oxidation sites excluding steroid dienone is 1. The number of hydrogen-bond acceptors (Lipinski definition) is 4. The van der Waals surface area contributed by atoms with Crippen molar-refractivity contribution in [2.24, 2.45) is 0 Å². The highest BCUT2D eigenvalue weighted by molar-refractivity contribution is 7.99. The Bertz CT molecular complexity index is 2110. The molecule has 3 nitrogen and oxygen atoms in total. The molecule has 0 bridgehead atoms. The van der Waals surface area contributed by atoms with Crippen LogP contribution >= 0.6 is 23.1 Å². The Morgan fingerprint density at radius 3 is 2.57 bits per heavy atom. The van der Waals surface area contributed by atoms with Gasteiger partial charge in [0, 0.05) is 52.2 Å². The van der Waals surface area contributed by atoms with Crippen LogP contribution in [-0.2, 0) is 0 Å². The average Bonchev–Trinajstić information content (AvgIpc) is 3.49. The van der Waals surface area contributed by atoms with Crippen molar-refractivity contribution < 1.29 is 0 Å². The van der Waals surface area contributed by atoms with Crippen LogP contribution in [0.15, 0.2) is 95.9 Å². The van der Waals surface area contributed by atoms with Gasteiger partial charge in [0.15, 0.2) is 0 Å². The summed E-state index contributed by atoms with van der Waals surface area (Å²) in [4.78, 5) is 11.8. The van der Waals surface area contributed by atoms with Gasteiger partial charge in [-0.05, 0) is 36.8 Å². The van der Waals surface area contributed by atoms with Crippen LogP contribution in [0.25, 0.3) is 65.3 Å². The van der Waals surface area contributed by atoms with Crippen LogP contribution in [0.4, 0.5) is 0 Å². The molecular formula is C32H19N3S2. The van der Waals surface area contributed by atoms with Gasteiger partial charge in [-0.2, -0.15) is 0 Å². The molecule has 1 unspecified atom stereocenters. The number of aromatic nitrogens is 3. The molecule has 3 aromatic heterocycles. The Kier molecular flexibility index (Phi) is 3.98. The molecular weight excluding hydrogens is 491 g/mol. The van der Waals surface area contributed by atoms with E-state index in [1.54, 1.807) is 0 Å². The van der Waals surface area contributed by atoms with Gasteiger partial charge in [0.05, 0.1) is 22.4 Å². The van der Waals surface area contributed by atoms with E-state index in [0.29, 0.717) is 5.25 Å². The molecule has 5 heteroatoms. The van der Waals surface area contributed by atoms with E-state index in [9.17, 15) is 0 Å². The predicted molar refractivity (Wildman–Crippen MR) is 157 cm³/mol. The molecule has 7 aromatic rings. The fourth-order valence-electron chi connectivity index (χ4n) is 6.12. The molecule has 1 aliphatic carbocycles. The minimum Gasteiger partial charge on any atom is -0.278 e. The molecule has 1 atom stereocenters. The van der Waals surface area contributed by atoms with E-state index in [-0.39, 0.29) is 0 Å². The monoisotopic (exact) mass is 509 g/mol. The van der Waals surface area contributed by atoms with Gasteiger partial charge < -0.3 is 0 Å². The number of benzene rings is 4. The molecule has 4 heterocycles. The third kappa shape index (κ3) is 2.68. The van der Waals surface area contributed by atoms with Crippen LogP contribution in [0.5, 0.6) is 0 Å². The van der Waals surface area contributed by atoms with Gasteiger partial charge >= 0.3 is 0 Å². The topological polar surface area (TPSA) is 30.7 Å². The van der Waals surface area contributed by atoms with Gasteiger partial charge in [0.1, 0.15) is 0 Å². The van der Waals surface area contributed by atoms with Crippen LogP contribution in [0.2, 0.25) is 0 Å². The Balaban J connectivity index is 1.42. The molecule has 0 saturated carbocycles. The molecule has 0 saturated heterocycles. The summed E-state index contributed by atoms with van der Waals surface area (Å²) in [5.74, 6) is 0.743. The van der Waals surface area contributed by atoms with Crippen LogP contribution in [-0.4, -0.2) is 14.5 Å². The summed E-state index contributed by atoms with van der Waals surface area (Å²) < 4.78 is 4.92. The molecule has 0 spiro atoms. The lowest BCUT2D eigenvalue weighted by Gasteiger charge is -2.29. The van der Waals surface area contributed by atoms with Crippen molar-refractivity contribution in [2.45, 2.75) is 16.6 Å². The zero-order chi connectivity index (χ0) is 24.1. The minimum absolute atomic E-state index is 0.371. The van der Waals surface area contributed by atoms with Crippen LogP contribution < -0.4 is 0 Å². The summed E-state index contributed by atoms with van der Waals surface area (Å²) in [6.07, 6.45) is 5.47. The summed E-state index contributed by atoms with van der Waals surface area (Å²) in [7, 11) is 0. The zero-order valence-corrected chi connectivity index (χ0v) is 21.3. The quantitative estimate of drug-likeness (QED) is 0.221. The minimum atomic E-state index is 0.371. The Labute approximate surface area is 221 Å². The van der Waals surface area contributed by atoms with Gasteiger partial charge in [-0.25, -0.2) is 9.97 Å². The molecule has 0 amide bonds. The first kappa shape index (κ1) is 20.2. The molecule has 2 aliphatic rings. The summed E-state index contributed by atoms with van der Waals surface area (Å²) >= 11 is 3.82. The lowest BCUT2D eigenvalue weighted by molar-refractivity contribution is 0.884. The van der Waals surface area contributed by atoms with Gasteiger partial charge in [-0.1, -0.05) is 66.7 Å². The molecule has 1 aliphatic heterocycles. The van der Waals surface area contributed by atoms with Crippen molar-refractivity contribution in [2.75, 3.05) is 0 Å². The summed E-state index contributed by atoms with van der Waals surface area (Å²) in [5.41, 5.74) is 6.92. The number of fused-ring (bicyclic) bond motifs is 9. The smallest absolute Gasteiger partial charge is 0.235 e. The third-order valence-electron chi connectivity index (χ3n) is 7.70. The van der Waals surface area contributed by atoms with E-state index in [4.69, 9.17) is 9.97 Å². The molecule has 4 aromatic carbocycles. The van der Waals surface area contributed by atoms with E-state index in [2.05, 4.69) is 102 Å². The molecule has 0 fully saturated rings. The summed E-state index contributed by atoms with van der Waals surface area (Å²) in [6, 6.07) is 30.6. The second-order valence-corrected chi connectivity index (χ2v) is 12.0. The second-order valence-electron chi connectivity index (χ2n) is 9.70. The van der Waals surface area contributed by atoms with Crippen molar-refractivity contribution >= 4 is 71.2 Å². The van der Waals surface area contributed by atoms with Gasteiger partial charge in [0.25, 0.3) is 0 Å². The normalized spacial score (nSPS) is 16.1. The van der Waals surface area contributed by atoms with Gasteiger partial charge in [0.2, 0.25) is 5.95 Å². The maximum Gasteiger partial charge on any atom is 0.235 e. The van der Waals surface area contributed by atoms with Gasteiger partial charge in [-0.3, -0.25) is 4.57 Å². The van der Waals surface area contributed by atoms with E-state index in [0.717, 1.165) is 34.8 Å². The van der Waals surface area contributed by atoms with E-state index in [1.807, 2.05) is 23.1 Å². The lowest BCUT2D eigenvalue weighted by Crippen LogP contribution is -2.14. The van der Waals surface area contributed by atoms with Crippen molar-refractivity contribution in [3.8, 4) is 17.2 Å². The standard InChI is InChI=1S/C32H19N3S2/c1-4-12-23-20(9-1)28-24(17-16-19-18-8-2-5-13-25(18)37-31(19)28)35(23)32-33-22-11-7-15-27-29(22)30(34-32)21-10-3-6-14-26(21)36-27/h1-14,16-17,27H,15H2. The molecule has 37 heavy (non-hydrogen) atoms. The van der Waals surface area contributed by atoms with Crippen molar-refractivity contribution in [1.29, 1.82) is 0 Å². The first-order valence-electron chi connectivity index (χ1n) is 12.5. The maximum atomic E-state index is 5.32. The first-order valence-corrected chi connectivity index (χ1v) is 14.2. The third-order valence-corrected chi connectivity index (χ3v) is 10.2. The van der Waals surface area contributed by atoms with Crippen molar-refractivity contribution in [3.05, 3.63) is 102 Å². The molecule has 0 radical (unpaired) electrons. The largest absolute Gasteiger partial charge is 0.278 e. The van der Waals surface area contributed by atoms with Gasteiger partial charge in [-0.15, -0.1) is 23.1 Å². The van der Waals surface area contributed by atoms with Crippen molar-refractivity contribution in [1.82, 2.24) is 14.5 Å². The fraction of sp³-hybridized carbons (Fsp3) is 0.0625. The molecule has 0 N–H and O–H groups in total. The SMILES string of the molecule is C1=Cc2nc(-n3c4ccccc4c4c5sc6ccccc6c5ccc43)nc3c2C(C1)Sc1ccccc1-3. The highest BCUT2D eigenvalue weighted by atomic mass is 32.2. The number of thioether (sulfide) groups is 1. The second kappa shape index (κ2) is 7.31. The number of thiophene rings is 1. The fourth-order valence-corrected chi connectivity index (χ4v) is 8.69. The number of para-hydroxylation sites is 1. The molecule has 174 valence electrons. The number of rotatable bonds is 1. The van der Waals surface area contributed by atoms with E-state index >= 15 is 0 Å². The molecule has 9 rings (SSSR count). The highest BCUT2D eigenvalue weighted by Gasteiger charge is 2.31. The van der Waals surface area contributed by atoms with Crippen LogP contribution in [0.3, 0.4) is 0 Å². The number of hydrogen-bond donors (Lipinski definition) is 0. The van der Waals surface area contributed by atoms with Crippen LogP contribution in [0, 0.1) is 0 Å². The Hall–Kier alpha value is -3.93. The lowest BCUT2D eigenvalue weighted by atomic mass is 9.95. The van der Waals surface area contributed by atoms with E-state index < -0.39 is 0 Å². The van der Waals surface area contributed by atoms with Crippen LogP contribution in [0.1, 0.15) is 22.9 Å². The van der Waals surface area contributed by atoms with E-state index in [1.165, 1.54) is 47.0 Å². The highest BCUT2D eigenvalue weighted by Crippen LogP contribution is 2.52. The first-order chi connectivity index (χ1) is 18.3. The zero-order valence-electron chi connectivity index (χ0n) is 19.7. The Morgan fingerprint density at radius 2 is 1.59 bits per heavy atom. The predicted octanol–water partition coefficient (Wildman–Crippen LogP) is 9.17. The maximum absolute atomic E-state index is 5.32. The summed E-state index contributed by atoms with van der Waals surface area (Å²) in [6.45, 7) is 0. The van der Waals surface area contributed by atoms with Crippen molar-refractivity contribution in [3.63, 3.8) is 0 Å². The Morgan fingerprint density at radius 1 is 0.757 bits per heavy atom. The average molecular weight is 510 g/mol. The summed E-state index contributed by atoms with van der Waals surface area (Å²) in [5, 5.41) is 5.54. The number of nitrogens with zero attached hydrogens (tertiary/aromatic N) is 3.